The Morgan fingerprint density at radius 2 is 2.16 bits per heavy atom. The van der Waals surface area contributed by atoms with Gasteiger partial charge < -0.3 is 15.8 Å². The van der Waals surface area contributed by atoms with E-state index in [0.717, 1.165) is 29.2 Å². The number of ether oxygens (including phenoxy) is 1. The Morgan fingerprint density at radius 3 is 2.74 bits per heavy atom. The van der Waals surface area contributed by atoms with Gasteiger partial charge in [0.25, 0.3) is 5.56 Å². The molecule has 1 aromatic heterocycles. The molecule has 2 aromatic rings. The third kappa shape index (κ3) is 5.83. The number of likely N-dealkylation sites (N-methyl/N-ethyl adjacent to an activating group) is 1. The number of nitriles is 1. The molecule has 0 bridgehead atoms. The van der Waals surface area contributed by atoms with E-state index in [2.05, 4.69) is 15.3 Å². The lowest BCUT2D eigenvalue weighted by atomic mass is 10.2. The van der Waals surface area contributed by atoms with Crippen molar-refractivity contribution in [2.75, 3.05) is 7.05 Å². The molecule has 0 saturated carbocycles. The van der Waals surface area contributed by atoms with Gasteiger partial charge in [-0.3, -0.25) is 14.2 Å². The fraction of sp³-hybridized carbons (Fsp3) is 0.167. The minimum Gasteiger partial charge on any atom is -0.449 e. The molecule has 0 atom stereocenters. The number of aliphatic imine (C=N–C) groups is 1. The Bertz CT molecular complexity index is 1150. The molecule has 0 saturated heterocycles. The molecule has 1 heterocycles. The van der Waals surface area contributed by atoms with Gasteiger partial charge in [-0.15, -0.1) is 0 Å². The Kier molecular flexibility index (Phi) is 7.38. The Hall–Kier alpha value is -3.85. The lowest BCUT2D eigenvalue weighted by molar-refractivity contribution is -0.142. The van der Waals surface area contributed by atoms with Gasteiger partial charge in [0.15, 0.2) is 5.69 Å². The predicted octanol–water partition coefficient (Wildman–Crippen LogP) is 2.20. The molecule has 13 heteroatoms. The summed E-state index contributed by atoms with van der Waals surface area (Å²) in [6.45, 7) is -0.476. The number of nitrogens with one attached hydrogen (secondary N) is 1. The predicted molar refractivity (Wildman–Crippen MR) is 105 cm³/mol. The number of benzene rings is 1. The zero-order valence-corrected chi connectivity index (χ0v) is 16.5. The van der Waals surface area contributed by atoms with Gasteiger partial charge in [0.1, 0.15) is 5.75 Å². The van der Waals surface area contributed by atoms with Crippen LogP contribution in [-0.2, 0) is 17.5 Å². The molecule has 0 aliphatic rings. The van der Waals surface area contributed by atoms with Crippen LogP contribution in [0, 0.1) is 11.3 Å². The number of hydrogen-bond acceptors (Lipinski definition) is 6. The van der Waals surface area contributed by atoms with Crippen molar-refractivity contribution in [2.45, 2.75) is 12.7 Å². The Balaban J connectivity index is 2.61. The van der Waals surface area contributed by atoms with Gasteiger partial charge in [0.2, 0.25) is 11.7 Å². The van der Waals surface area contributed by atoms with E-state index >= 15 is 0 Å². The molecule has 162 valence electrons. The average molecular weight is 455 g/mol. The topological polar surface area (TPSA) is 135 Å². The molecular weight excluding hydrogens is 441 g/mol. The summed E-state index contributed by atoms with van der Waals surface area (Å²) in [6.07, 6.45) is -2.47. The summed E-state index contributed by atoms with van der Waals surface area (Å²) < 4.78 is 46.2. The number of alkyl halides is 3. The molecule has 1 amide bonds. The number of carbonyl (C=O) groups is 1. The molecule has 3 N–H and O–H groups in total. The third-order valence-electron chi connectivity index (χ3n) is 3.66. The fourth-order valence-electron chi connectivity index (χ4n) is 2.33. The van der Waals surface area contributed by atoms with Crippen molar-refractivity contribution in [3.8, 4) is 17.6 Å². The van der Waals surface area contributed by atoms with Crippen LogP contribution in [0.2, 0.25) is 5.02 Å². The highest BCUT2D eigenvalue weighted by atomic mass is 35.5. The van der Waals surface area contributed by atoms with Gasteiger partial charge in [-0.25, -0.2) is 9.98 Å². The van der Waals surface area contributed by atoms with E-state index in [0.29, 0.717) is 6.33 Å². The lowest BCUT2D eigenvalue weighted by Crippen LogP contribution is -2.30. The van der Waals surface area contributed by atoms with Crippen LogP contribution in [0.3, 0.4) is 0 Å². The van der Waals surface area contributed by atoms with Crippen molar-refractivity contribution in [1.29, 1.82) is 5.26 Å². The normalized spacial score (nSPS) is 11.9. The first-order chi connectivity index (χ1) is 14.6. The number of hydrogen-bond donors (Lipinski definition) is 2. The number of carbonyl (C=O) groups excluding carboxylic acids is 1. The Morgan fingerprint density at radius 1 is 1.45 bits per heavy atom. The van der Waals surface area contributed by atoms with Crippen LogP contribution in [0.25, 0.3) is 0 Å². The molecule has 0 aliphatic carbocycles. The maximum Gasteiger partial charge on any atom is 0.437 e. The molecule has 31 heavy (non-hydrogen) atoms. The first-order valence-electron chi connectivity index (χ1n) is 8.30. The van der Waals surface area contributed by atoms with E-state index in [9.17, 15) is 22.8 Å². The number of nitrogens with zero attached hydrogens (tertiary/aromatic N) is 4. The summed E-state index contributed by atoms with van der Waals surface area (Å²) in [4.78, 5) is 31.6. The highest BCUT2D eigenvalue weighted by Gasteiger charge is 2.39. The summed E-state index contributed by atoms with van der Waals surface area (Å²) in [7, 11) is 1.32. The summed E-state index contributed by atoms with van der Waals surface area (Å²) in [6, 6.07) is 5.27. The second-order valence-corrected chi connectivity index (χ2v) is 6.21. The van der Waals surface area contributed by atoms with Crippen molar-refractivity contribution < 1.29 is 22.7 Å². The van der Waals surface area contributed by atoms with E-state index in [1.807, 2.05) is 0 Å². The van der Waals surface area contributed by atoms with Crippen molar-refractivity contribution in [1.82, 2.24) is 14.9 Å². The third-order valence-corrected chi connectivity index (χ3v) is 3.88. The molecular formula is C18H14ClF3N6O3. The molecule has 2 rings (SSSR count). The second-order valence-electron chi connectivity index (χ2n) is 5.77. The van der Waals surface area contributed by atoms with Crippen LogP contribution in [0.5, 0.6) is 11.5 Å². The first-order valence-corrected chi connectivity index (χ1v) is 8.68. The zero-order valence-electron chi connectivity index (χ0n) is 15.8. The number of halogens is 4. The van der Waals surface area contributed by atoms with Gasteiger partial charge in [-0.2, -0.15) is 18.4 Å². The highest BCUT2D eigenvalue weighted by molar-refractivity contribution is 6.30. The van der Waals surface area contributed by atoms with Gasteiger partial charge in [-0.1, -0.05) is 11.6 Å². The number of nitrogens with two attached hydrogens (primary N) is 1. The summed E-state index contributed by atoms with van der Waals surface area (Å²) in [5.41, 5.74) is 2.23. The summed E-state index contributed by atoms with van der Waals surface area (Å²) in [5, 5.41) is 11.3. The standard InChI is InChI=1S/C18H14ClF3N6O3/c1-25-16(29)11(6-26-8-24)7-28-9-27-15(18(20,21)22)14(17(28)30)31-13-3-10(5-23)2-12(19)4-13/h2-4,6,8-9H,7H2,1H3,(H2,24,26)(H,25,29)/b11-6-. The van der Waals surface area contributed by atoms with Crippen LogP contribution in [0.1, 0.15) is 11.3 Å². The fourth-order valence-corrected chi connectivity index (χ4v) is 2.55. The van der Waals surface area contributed by atoms with E-state index in [4.69, 9.17) is 27.3 Å². The van der Waals surface area contributed by atoms with E-state index < -0.39 is 35.6 Å². The van der Waals surface area contributed by atoms with Crippen LogP contribution < -0.4 is 21.3 Å². The molecule has 9 nitrogen and oxygen atoms in total. The van der Waals surface area contributed by atoms with Crippen LogP contribution >= 0.6 is 11.6 Å². The lowest BCUT2D eigenvalue weighted by Gasteiger charge is -2.15. The average Bonchev–Trinajstić information content (AvgIpc) is 2.71. The van der Waals surface area contributed by atoms with Gasteiger partial charge in [0.05, 0.1) is 36.4 Å². The van der Waals surface area contributed by atoms with Crippen LogP contribution in [0.15, 0.2) is 46.1 Å². The van der Waals surface area contributed by atoms with Crippen molar-refractivity contribution in [3.63, 3.8) is 0 Å². The number of rotatable bonds is 6. The number of amides is 1. The van der Waals surface area contributed by atoms with Crippen molar-refractivity contribution in [3.05, 3.63) is 62.9 Å². The van der Waals surface area contributed by atoms with Crippen LogP contribution in [-0.4, -0.2) is 28.8 Å². The van der Waals surface area contributed by atoms with E-state index in [1.165, 1.54) is 13.1 Å². The highest BCUT2D eigenvalue weighted by Crippen LogP contribution is 2.35. The molecule has 0 spiro atoms. The van der Waals surface area contributed by atoms with Crippen molar-refractivity contribution >= 4 is 23.8 Å². The summed E-state index contributed by atoms with van der Waals surface area (Å²) in [5.74, 6) is -2.07. The minimum absolute atomic E-state index is 0.00440. The van der Waals surface area contributed by atoms with E-state index in [1.54, 1.807) is 6.07 Å². The molecule has 0 aliphatic heterocycles. The molecule has 1 aromatic carbocycles. The Labute approximate surface area is 178 Å². The largest absolute Gasteiger partial charge is 0.449 e. The van der Waals surface area contributed by atoms with Crippen LogP contribution in [0.4, 0.5) is 13.2 Å². The molecule has 0 unspecified atom stereocenters. The monoisotopic (exact) mass is 454 g/mol. The van der Waals surface area contributed by atoms with E-state index in [-0.39, 0.29) is 21.9 Å². The first kappa shape index (κ1) is 23.4. The van der Waals surface area contributed by atoms with Gasteiger partial charge >= 0.3 is 6.18 Å². The van der Waals surface area contributed by atoms with Gasteiger partial charge in [-0.05, 0) is 18.2 Å². The van der Waals surface area contributed by atoms with Gasteiger partial charge in [0, 0.05) is 18.3 Å². The molecule has 0 fully saturated rings. The number of aromatic nitrogens is 2. The SMILES string of the molecule is CNC(=O)/C(=C\N=CN)Cn1cnc(C(F)(F)F)c(Oc2cc(Cl)cc(C#N)c2)c1=O. The quantitative estimate of drug-likeness (QED) is 0.390. The second kappa shape index (κ2) is 9.77. The maximum absolute atomic E-state index is 13.4. The smallest absolute Gasteiger partial charge is 0.437 e. The maximum atomic E-state index is 13.4. The summed E-state index contributed by atoms with van der Waals surface area (Å²) >= 11 is 5.84. The van der Waals surface area contributed by atoms with Crippen molar-refractivity contribution in [2.24, 2.45) is 10.7 Å². The minimum atomic E-state index is -5.02. The molecule has 0 radical (unpaired) electrons. The zero-order chi connectivity index (χ0) is 23.2.